The van der Waals surface area contributed by atoms with Crippen molar-refractivity contribution < 1.29 is 18.6 Å². The normalized spacial score (nSPS) is 20.5. The number of halogens is 1. The van der Waals surface area contributed by atoms with Crippen LogP contribution in [0.15, 0.2) is 12.3 Å². The molecule has 8 heteroatoms. The summed E-state index contributed by atoms with van der Waals surface area (Å²) in [7, 11) is 0. The summed E-state index contributed by atoms with van der Waals surface area (Å²) >= 11 is 0. The van der Waals surface area contributed by atoms with E-state index in [1.807, 2.05) is 20.8 Å². The van der Waals surface area contributed by atoms with Crippen LogP contribution in [0.1, 0.15) is 36.5 Å². The number of aromatic nitrogens is 3. The Morgan fingerprint density at radius 2 is 2.04 bits per heavy atom. The molecule has 0 N–H and O–H groups in total. The number of ether oxygens (including phenoxy) is 3. The zero-order valence-electron chi connectivity index (χ0n) is 15.7. The van der Waals surface area contributed by atoms with Gasteiger partial charge in [-0.25, -0.2) is 14.4 Å². The van der Waals surface area contributed by atoms with Gasteiger partial charge in [-0.2, -0.15) is 0 Å². The minimum absolute atomic E-state index is 0.0101. The van der Waals surface area contributed by atoms with E-state index in [9.17, 15) is 4.39 Å². The number of nitrogens with zero attached hydrogens (tertiary/aromatic N) is 4. The van der Waals surface area contributed by atoms with Crippen LogP contribution >= 0.6 is 0 Å². The third-order valence-electron chi connectivity index (χ3n) is 5.09. The summed E-state index contributed by atoms with van der Waals surface area (Å²) in [6.45, 7) is 8.07. The standard InChI is InChI=1S/C19H23FN4O3/c1-11-12(2)22-17(9-21-11)27-14-4-5-24(10-14)13(3)18-15(20)8-16-19(23-18)26-7-6-25-16/h8-9,13-14H,4-7,10H2,1-3H3/t13?,14-/m1/s1. The van der Waals surface area contributed by atoms with Crippen molar-refractivity contribution in [3.8, 4) is 17.5 Å². The summed E-state index contributed by atoms with van der Waals surface area (Å²) in [6.07, 6.45) is 2.48. The van der Waals surface area contributed by atoms with E-state index in [2.05, 4.69) is 19.9 Å². The Balaban J connectivity index is 1.44. The van der Waals surface area contributed by atoms with Gasteiger partial charge in [0.05, 0.1) is 29.3 Å². The highest BCUT2D eigenvalue weighted by Crippen LogP contribution is 2.34. The van der Waals surface area contributed by atoms with E-state index in [0.29, 0.717) is 43.0 Å². The zero-order chi connectivity index (χ0) is 19.0. The minimum atomic E-state index is -0.379. The smallest absolute Gasteiger partial charge is 0.257 e. The van der Waals surface area contributed by atoms with Gasteiger partial charge in [0, 0.05) is 19.2 Å². The molecular weight excluding hydrogens is 351 g/mol. The zero-order valence-corrected chi connectivity index (χ0v) is 15.7. The predicted molar refractivity (Wildman–Crippen MR) is 95.7 cm³/mol. The fourth-order valence-corrected chi connectivity index (χ4v) is 3.38. The van der Waals surface area contributed by atoms with E-state index < -0.39 is 0 Å². The molecule has 1 fully saturated rings. The van der Waals surface area contributed by atoms with Gasteiger partial charge in [-0.1, -0.05) is 0 Å². The monoisotopic (exact) mass is 374 g/mol. The molecule has 4 heterocycles. The van der Waals surface area contributed by atoms with Gasteiger partial charge in [0.1, 0.15) is 25.1 Å². The van der Waals surface area contributed by atoms with Crippen molar-refractivity contribution in [3.05, 3.63) is 35.2 Å². The molecular formula is C19H23FN4O3. The second kappa shape index (κ2) is 7.26. The Morgan fingerprint density at radius 3 is 2.85 bits per heavy atom. The Kier molecular flexibility index (Phi) is 4.82. The van der Waals surface area contributed by atoms with Gasteiger partial charge in [-0.05, 0) is 27.2 Å². The number of rotatable bonds is 4. The second-order valence-electron chi connectivity index (χ2n) is 6.93. The largest absolute Gasteiger partial charge is 0.484 e. The summed E-state index contributed by atoms with van der Waals surface area (Å²) in [5.41, 5.74) is 2.12. The van der Waals surface area contributed by atoms with Crippen LogP contribution in [-0.4, -0.2) is 52.3 Å². The molecule has 0 radical (unpaired) electrons. The molecule has 0 aliphatic carbocycles. The van der Waals surface area contributed by atoms with Gasteiger partial charge < -0.3 is 14.2 Å². The highest BCUT2D eigenvalue weighted by Gasteiger charge is 2.31. The van der Waals surface area contributed by atoms with Crippen molar-refractivity contribution in [1.29, 1.82) is 0 Å². The number of fused-ring (bicyclic) bond motifs is 1. The molecule has 0 aromatic carbocycles. The topological polar surface area (TPSA) is 69.6 Å². The Bertz CT molecular complexity index is 848. The SMILES string of the molecule is Cc1ncc(O[C@@H]2CCN(C(C)c3nc4c(cc3F)OCCO4)C2)nc1C. The number of hydrogen-bond acceptors (Lipinski definition) is 7. The lowest BCUT2D eigenvalue weighted by Crippen LogP contribution is -2.29. The van der Waals surface area contributed by atoms with Gasteiger partial charge in [0.25, 0.3) is 5.88 Å². The van der Waals surface area contributed by atoms with Crippen LogP contribution in [0.2, 0.25) is 0 Å². The molecule has 1 unspecified atom stereocenters. The highest BCUT2D eigenvalue weighted by atomic mass is 19.1. The number of aryl methyl sites for hydroxylation is 2. The first kappa shape index (κ1) is 17.9. The molecule has 144 valence electrons. The molecule has 2 atom stereocenters. The molecule has 7 nitrogen and oxygen atoms in total. The Hall–Kier alpha value is -2.48. The van der Waals surface area contributed by atoms with Gasteiger partial charge >= 0.3 is 0 Å². The summed E-state index contributed by atoms with van der Waals surface area (Å²) in [5.74, 6) is 0.880. The minimum Gasteiger partial charge on any atom is -0.484 e. The van der Waals surface area contributed by atoms with Crippen LogP contribution in [0.3, 0.4) is 0 Å². The van der Waals surface area contributed by atoms with Crippen LogP contribution in [0.5, 0.6) is 17.5 Å². The van der Waals surface area contributed by atoms with Gasteiger partial charge in [0.15, 0.2) is 5.75 Å². The molecule has 0 amide bonds. The van der Waals surface area contributed by atoms with E-state index >= 15 is 0 Å². The molecule has 2 aromatic heterocycles. The maximum atomic E-state index is 14.5. The average molecular weight is 374 g/mol. The lowest BCUT2D eigenvalue weighted by molar-refractivity contribution is 0.157. The van der Waals surface area contributed by atoms with Crippen LogP contribution in [-0.2, 0) is 0 Å². The quantitative estimate of drug-likeness (QED) is 0.815. The van der Waals surface area contributed by atoms with Crippen LogP contribution in [0, 0.1) is 19.7 Å². The summed E-state index contributed by atoms with van der Waals surface area (Å²) in [4.78, 5) is 15.2. The summed E-state index contributed by atoms with van der Waals surface area (Å²) < 4.78 is 31.4. The maximum absolute atomic E-state index is 14.5. The van der Waals surface area contributed by atoms with Crippen molar-refractivity contribution >= 4 is 0 Å². The average Bonchev–Trinajstić information content (AvgIpc) is 3.12. The van der Waals surface area contributed by atoms with E-state index in [-0.39, 0.29) is 18.0 Å². The Morgan fingerprint density at radius 1 is 1.22 bits per heavy atom. The van der Waals surface area contributed by atoms with Gasteiger partial charge in [-0.3, -0.25) is 9.88 Å². The van der Waals surface area contributed by atoms with Crippen molar-refractivity contribution in [2.24, 2.45) is 0 Å². The van der Waals surface area contributed by atoms with E-state index in [1.165, 1.54) is 6.07 Å². The van der Waals surface area contributed by atoms with Crippen LogP contribution < -0.4 is 14.2 Å². The van der Waals surface area contributed by atoms with Crippen molar-refractivity contribution in [2.75, 3.05) is 26.3 Å². The number of pyridine rings is 1. The molecule has 2 aliphatic heterocycles. The first-order valence-corrected chi connectivity index (χ1v) is 9.18. The van der Waals surface area contributed by atoms with Crippen molar-refractivity contribution in [2.45, 2.75) is 39.3 Å². The van der Waals surface area contributed by atoms with Crippen molar-refractivity contribution in [1.82, 2.24) is 19.9 Å². The molecule has 1 saturated heterocycles. The predicted octanol–water partition coefficient (Wildman–Crippen LogP) is 2.61. The molecule has 0 spiro atoms. The lowest BCUT2D eigenvalue weighted by atomic mass is 10.1. The summed E-state index contributed by atoms with van der Waals surface area (Å²) in [5, 5.41) is 0. The fraction of sp³-hybridized carbons (Fsp3) is 0.526. The van der Waals surface area contributed by atoms with Crippen LogP contribution in [0.25, 0.3) is 0 Å². The number of likely N-dealkylation sites (tertiary alicyclic amines) is 1. The first-order valence-electron chi connectivity index (χ1n) is 9.18. The van der Waals surface area contributed by atoms with Gasteiger partial charge in [0.2, 0.25) is 5.88 Å². The first-order chi connectivity index (χ1) is 13.0. The molecule has 2 aliphatic rings. The highest BCUT2D eigenvalue weighted by molar-refractivity contribution is 5.37. The van der Waals surface area contributed by atoms with E-state index in [4.69, 9.17) is 14.2 Å². The fourth-order valence-electron chi connectivity index (χ4n) is 3.38. The third-order valence-corrected chi connectivity index (χ3v) is 5.09. The van der Waals surface area contributed by atoms with E-state index in [0.717, 1.165) is 24.4 Å². The molecule has 2 aromatic rings. The Labute approximate surface area is 157 Å². The summed E-state index contributed by atoms with van der Waals surface area (Å²) in [6, 6.07) is 1.17. The lowest BCUT2D eigenvalue weighted by Gasteiger charge is -2.26. The van der Waals surface area contributed by atoms with Crippen molar-refractivity contribution in [3.63, 3.8) is 0 Å². The molecule has 4 rings (SSSR count). The maximum Gasteiger partial charge on any atom is 0.257 e. The van der Waals surface area contributed by atoms with Gasteiger partial charge in [-0.15, -0.1) is 0 Å². The molecule has 0 saturated carbocycles. The third kappa shape index (κ3) is 3.66. The molecule has 27 heavy (non-hydrogen) atoms. The van der Waals surface area contributed by atoms with E-state index in [1.54, 1.807) is 6.20 Å². The second-order valence-corrected chi connectivity index (χ2v) is 6.93. The number of hydrogen-bond donors (Lipinski definition) is 0. The molecule has 0 bridgehead atoms. The van der Waals surface area contributed by atoms with Crippen LogP contribution in [0.4, 0.5) is 4.39 Å².